The van der Waals surface area contributed by atoms with E-state index in [0.717, 1.165) is 17.0 Å². The maximum absolute atomic E-state index is 9.56. The molecule has 1 aromatic carbocycles. The van der Waals surface area contributed by atoms with Gasteiger partial charge in [0.1, 0.15) is 0 Å². The third-order valence-electron chi connectivity index (χ3n) is 3.73. The zero-order valence-corrected chi connectivity index (χ0v) is 10.7. The maximum Gasteiger partial charge on any atom is 0.0490 e. The van der Waals surface area contributed by atoms with Crippen LogP contribution in [0.15, 0.2) is 18.2 Å². The molecule has 2 rings (SSSR count). The monoisotopic (exact) mass is 238 g/mol. The fraction of sp³-hybridized carbons (Fsp3) is 0.571. The summed E-state index contributed by atoms with van der Waals surface area (Å²) in [5, 5.41) is 10.4. The fourth-order valence-electron chi connectivity index (χ4n) is 2.34. The molecule has 2 heteroatoms. The molecule has 88 valence electrons. The molecule has 1 saturated carbocycles. The Morgan fingerprint density at radius 2 is 2.12 bits per heavy atom. The molecule has 0 spiro atoms. The van der Waals surface area contributed by atoms with Gasteiger partial charge in [0.05, 0.1) is 0 Å². The Bertz CT molecular complexity index is 384. The average Bonchev–Trinajstić information content (AvgIpc) is 3.06. The van der Waals surface area contributed by atoms with Crippen LogP contribution >= 0.6 is 11.6 Å². The topological polar surface area (TPSA) is 20.2 Å². The number of halogens is 1. The van der Waals surface area contributed by atoms with E-state index in [0.29, 0.717) is 5.92 Å². The highest BCUT2D eigenvalue weighted by molar-refractivity contribution is 6.31. The van der Waals surface area contributed by atoms with E-state index in [1.54, 1.807) is 0 Å². The lowest BCUT2D eigenvalue weighted by Gasteiger charge is -2.27. The van der Waals surface area contributed by atoms with Gasteiger partial charge < -0.3 is 5.11 Å². The van der Waals surface area contributed by atoms with Crippen molar-refractivity contribution in [2.24, 2.45) is 11.3 Å². The first-order valence-corrected chi connectivity index (χ1v) is 6.29. The van der Waals surface area contributed by atoms with E-state index in [2.05, 4.69) is 19.1 Å². The number of aryl methyl sites for hydroxylation is 1. The predicted octanol–water partition coefficient (Wildman–Crippen LogP) is 3.60. The van der Waals surface area contributed by atoms with Crippen molar-refractivity contribution in [3.63, 3.8) is 0 Å². The number of benzene rings is 1. The maximum atomic E-state index is 9.56. The van der Waals surface area contributed by atoms with Crippen LogP contribution in [0.2, 0.25) is 5.02 Å². The highest BCUT2D eigenvalue weighted by atomic mass is 35.5. The number of rotatable bonds is 4. The van der Waals surface area contributed by atoms with Crippen molar-refractivity contribution in [3.05, 3.63) is 34.3 Å². The molecule has 1 fully saturated rings. The van der Waals surface area contributed by atoms with Gasteiger partial charge in [-0.2, -0.15) is 0 Å². The standard InChI is InChI=1S/C14H19ClO/c1-10-3-4-11(13(15)7-10)8-14(2,9-16)12-5-6-12/h3-4,7,12,16H,5-6,8-9H2,1-2H3. The Labute approximate surface area is 102 Å². The smallest absolute Gasteiger partial charge is 0.0490 e. The van der Waals surface area contributed by atoms with E-state index in [4.69, 9.17) is 11.6 Å². The number of hydrogen-bond donors (Lipinski definition) is 1. The summed E-state index contributed by atoms with van der Waals surface area (Å²) in [5.74, 6) is 0.676. The van der Waals surface area contributed by atoms with Gasteiger partial charge in [-0.05, 0) is 54.7 Å². The van der Waals surface area contributed by atoms with Crippen LogP contribution in [0.3, 0.4) is 0 Å². The molecule has 16 heavy (non-hydrogen) atoms. The second-order valence-electron chi connectivity index (χ2n) is 5.36. The van der Waals surface area contributed by atoms with E-state index in [1.165, 1.54) is 18.4 Å². The molecule has 0 amide bonds. The van der Waals surface area contributed by atoms with Crippen molar-refractivity contribution in [1.82, 2.24) is 0 Å². The van der Waals surface area contributed by atoms with Gasteiger partial charge in [0.25, 0.3) is 0 Å². The lowest BCUT2D eigenvalue weighted by Crippen LogP contribution is -2.27. The van der Waals surface area contributed by atoms with E-state index in [9.17, 15) is 5.11 Å². The Kier molecular flexibility index (Phi) is 3.27. The van der Waals surface area contributed by atoms with Crippen molar-refractivity contribution >= 4 is 11.6 Å². The van der Waals surface area contributed by atoms with Gasteiger partial charge >= 0.3 is 0 Å². The van der Waals surface area contributed by atoms with Crippen LogP contribution in [0.4, 0.5) is 0 Å². The minimum absolute atomic E-state index is 0.0128. The van der Waals surface area contributed by atoms with Crippen LogP contribution in [0.25, 0.3) is 0 Å². The Morgan fingerprint density at radius 1 is 1.44 bits per heavy atom. The average molecular weight is 239 g/mol. The van der Waals surface area contributed by atoms with E-state index >= 15 is 0 Å². The van der Waals surface area contributed by atoms with Crippen LogP contribution in [0, 0.1) is 18.3 Å². The Balaban J connectivity index is 2.18. The molecular weight excluding hydrogens is 220 g/mol. The van der Waals surface area contributed by atoms with Gasteiger partial charge in [-0.25, -0.2) is 0 Å². The summed E-state index contributed by atoms with van der Waals surface area (Å²) in [6, 6.07) is 6.18. The summed E-state index contributed by atoms with van der Waals surface area (Å²) in [6.45, 7) is 4.46. The lowest BCUT2D eigenvalue weighted by molar-refractivity contribution is 0.119. The van der Waals surface area contributed by atoms with Crippen LogP contribution in [0.5, 0.6) is 0 Å². The van der Waals surface area contributed by atoms with Crippen LogP contribution in [0.1, 0.15) is 30.9 Å². The molecule has 1 atom stereocenters. The first-order valence-electron chi connectivity index (χ1n) is 5.91. The molecule has 1 unspecified atom stereocenters. The summed E-state index contributed by atoms with van der Waals surface area (Å²) < 4.78 is 0. The second-order valence-corrected chi connectivity index (χ2v) is 5.77. The Hall–Kier alpha value is -0.530. The zero-order valence-electron chi connectivity index (χ0n) is 9.96. The van der Waals surface area contributed by atoms with Gasteiger partial charge in [-0.15, -0.1) is 0 Å². The van der Waals surface area contributed by atoms with Crippen LogP contribution in [-0.4, -0.2) is 11.7 Å². The second kappa shape index (κ2) is 4.38. The molecule has 1 aromatic rings. The van der Waals surface area contributed by atoms with Crippen LogP contribution in [-0.2, 0) is 6.42 Å². The molecule has 1 N–H and O–H groups in total. The van der Waals surface area contributed by atoms with E-state index in [1.807, 2.05) is 13.0 Å². The third-order valence-corrected chi connectivity index (χ3v) is 4.08. The summed E-state index contributed by atoms with van der Waals surface area (Å²) in [5.41, 5.74) is 2.36. The molecule has 0 saturated heterocycles. The van der Waals surface area contributed by atoms with Crippen molar-refractivity contribution in [3.8, 4) is 0 Å². The van der Waals surface area contributed by atoms with Gasteiger partial charge in [0.15, 0.2) is 0 Å². The molecule has 0 aliphatic heterocycles. The first-order chi connectivity index (χ1) is 7.55. The lowest BCUT2D eigenvalue weighted by atomic mass is 9.79. The highest BCUT2D eigenvalue weighted by Gasteiger charge is 2.41. The van der Waals surface area contributed by atoms with Crippen molar-refractivity contribution in [2.75, 3.05) is 6.61 Å². The van der Waals surface area contributed by atoms with E-state index < -0.39 is 0 Å². The molecule has 0 radical (unpaired) electrons. The summed E-state index contributed by atoms with van der Waals surface area (Å²) in [7, 11) is 0. The molecule has 1 nitrogen and oxygen atoms in total. The summed E-state index contributed by atoms with van der Waals surface area (Å²) in [4.78, 5) is 0. The Morgan fingerprint density at radius 3 is 2.62 bits per heavy atom. The molecule has 1 aliphatic rings. The normalized spacial score (nSPS) is 19.5. The SMILES string of the molecule is Cc1ccc(CC(C)(CO)C2CC2)c(Cl)c1. The molecule has 0 heterocycles. The van der Waals surface area contributed by atoms with Gasteiger partial charge in [-0.1, -0.05) is 30.7 Å². The third kappa shape index (κ3) is 2.41. The molecular formula is C14H19ClO. The van der Waals surface area contributed by atoms with Crippen molar-refractivity contribution in [1.29, 1.82) is 0 Å². The van der Waals surface area contributed by atoms with Gasteiger partial charge in [0.2, 0.25) is 0 Å². The van der Waals surface area contributed by atoms with Crippen LogP contribution < -0.4 is 0 Å². The predicted molar refractivity (Wildman–Crippen MR) is 67.8 cm³/mol. The minimum atomic E-state index is 0.0128. The number of aliphatic hydroxyl groups is 1. The van der Waals surface area contributed by atoms with Gasteiger partial charge in [0, 0.05) is 11.6 Å². The molecule has 0 bridgehead atoms. The molecule has 1 aliphatic carbocycles. The van der Waals surface area contributed by atoms with E-state index in [-0.39, 0.29) is 12.0 Å². The first kappa shape index (κ1) is 11.9. The minimum Gasteiger partial charge on any atom is -0.396 e. The van der Waals surface area contributed by atoms with Crippen molar-refractivity contribution < 1.29 is 5.11 Å². The summed E-state index contributed by atoms with van der Waals surface area (Å²) >= 11 is 6.24. The number of hydrogen-bond acceptors (Lipinski definition) is 1. The fourth-order valence-corrected chi connectivity index (χ4v) is 2.64. The highest BCUT2D eigenvalue weighted by Crippen LogP contribution is 2.47. The molecule has 0 aromatic heterocycles. The summed E-state index contributed by atoms with van der Waals surface area (Å²) in [6.07, 6.45) is 3.38. The quantitative estimate of drug-likeness (QED) is 0.850. The largest absolute Gasteiger partial charge is 0.396 e. The number of aliphatic hydroxyl groups excluding tert-OH is 1. The van der Waals surface area contributed by atoms with Crippen molar-refractivity contribution in [2.45, 2.75) is 33.1 Å². The van der Waals surface area contributed by atoms with Gasteiger partial charge in [-0.3, -0.25) is 0 Å². The zero-order chi connectivity index (χ0) is 11.8.